The number of aromatic nitrogens is 2. The molecule has 1 N–H and O–H groups in total. The lowest BCUT2D eigenvalue weighted by Gasteiger charge is -2.22. The highest BCUT2D eigenvalue weighted by Crippen LogP contribution is 2.25. The summed E-state index contributed by atoms with van der Waals surface area (Å²) in [7, 11) is 1.85. The minimum absolute atomic E-state index is 0.233. The summed E-state index contributed by atoms with van der Waals surface area (Å²) in [5.74, 6) is 0. The first-order valence-corrected chi connectivity index (χ1v) is 6.04. The molecule has 1 aliphatic rings. The molecular weight excluding hydrogens is 226 g/mol. The van der Waals surface area contributed by atoms with Crippen molar-refractivity contribution in [1.29, 1.82) is 0 Å². The molecule has 1 atom stereocenters. The molecule has 0 aromatic carbocycles. The van der Waals surface area contributed by atoms with Crippen molar-refractivity contribution >= 4 is 11.6 Å². The topological polar surface area (TPSA) is 41.3 Å². The first kappa shape index (κ1) is 11.9. The minimum Gasteiger partial charge on any atom is -0.395 e. The van der Waals surface area contributed by atoms with E-state index in [-0.39, 0.29) is 12.6 Å². The van der Waals surface area contributed by atoms with E-state index in [9.17, 15) is 5.11 Å². The first-order chi connectivity index (χ1) is 7.63. The molecule has 16 heavy (non-hydrogen) atoms. The van der Waals surface area contributed by atoms with E-state index in [0.29, 0.717) is 5.15 Å². The fourth-order valence-corrected chi connectivity index (χ4v) is 2.60. The Morgan fingerprint density at radius 3 is 2.88 bits per heavy atom. The molecule has 0 aliphatic carbocycles. The van der Waals surface area contributed by atoms with E-state index in [1.54, 1.807) is 4.68 Å². The summed E-state index contributed by atoms with van der Waals surface area (Å²) >= 11 is 6.19. The number of hydrogen-bond acceptors (Lipinski definition) is 3. The molecule has 0 radical (unpaired) electrons. The standard InChI is InChI=1S/C11H18ClN3O/c1-8-10(11(12)14(2)13-8)6-15-5-3-4-9(15)7-16/h9,16H,3-7H2,1-2H3. The third-order valence-corrected chi connectivity index (χ3v) is 3.81. The van der Waals surface area contributed by atoms with Crippen LogP contribution in [0.15, 0.2) is 0 Å². The summed E-state index contributed by atoms with van der Waals surface area (Å²) in [6.45, 7) is 4.04. The van der Waals surface area contributed by atoms with Gasteiger partial charge in [-0.25, -0.2) is 0 Å². The van der Waals surface area contributed by atoms with Crippen LogP contribution in [0.5, 0.6) is 0 Å². The zero-order valence-electron chi connectivity index (χ0n) is 9.78. The van der Waals surface area contributed by atoms with Crippen molar-refractivity contribution in [1.82, 2.24) is 14.7 Å². The van der Waals surface area contributed by atoms with Gasteiger partial charge in [-0.1, -0.05) is 11.6 Å². The predicted octanol–water partition coefficient (Wildman–Crippen LogP) is 1.34. The molecule has 0 amide bonds. The highest BCUT2D eigenvalue weighted by molar-refractivity contribution is 6.30. The Bertz CT molecular complexity index is 378. The lowest BCUT2D eigenvalue weighted by atomic mass is 10.2. The van der Waals surface area contributed by atoms with Crippen LogP contribution >= 0.6 is 11.6 Å². The lowest BCUT2D eigenvalue weighted by molar-refractivity contribution is 0.153. The quantitative estimate of drug-likeness (QED) is 0.871. The van der Waals surface area contributed by atoms with E-state index in [4.69, 9.17) is 11.6 Å². The highest BCUT2D eigenvalue weighted by Gasteiger charge is 2.25. The SMILES string of the molecule is Cc1nn(C)c(Cl)c1CN1CCCC1CO. The summed E-state index contributed by atoms with van der Waals surface area (Å²) in [6, 6.07) is 0.288. The molecule has 2 heterocycles. The van der Waals surface area contributed by atoms with Crippen molar-refractivity contribution in [2.75, 3.05) is 13.2 Å². The van der Waals surface area contributed by atoms with Gasteiger partial charge in [-0.2, -0.15) is 5.10 Å². The van der Waals surface area contributed by atoms with Crippen molar-refractivity contribution in [2.24, 2.45) is 7.05 Å². The average Bonchev–Trinajstić information content (AvgIpc) is 2.79. The van der Waals surface area contributed by atoms with Gasteiger partial charge in [0.15, 0.2) is 0 Å². The first-order valence-electron chi connectivity index (χ1n) is 5.66. The maximum atomic E-state index is 9.26. The van der Waals surface area contributed by atoms with E-state index >= 15 is 0 Å². The second-order valence-electron chi connectivity index (χ2n) is 4.43. The Balaban J connectivity index is 2.14. The number of likely N-dealkylation sites (tertiary alicyclic amines) is 1. The average molecular weight is 244 g/mol. The second-order valence-corrected chi connectivity index (χ2v) is 4.79. The monoisotopic (exact) mass is 243 g/mol. The van der Waals surface area contributed by atoms with Crippen molar-refractivity contribution in [3.63, 3.8) is 0 Å². The Kier molecular flexibility index (Phi) is 3.52. The number of aryl methyl sites for hydroxylation is 2. The highest BCUT2D eigenvalue weighted by atomic mass is 35.5. The lowest BCUT2D eigenvalue weighted by Crippen LogP contribution is -2.31. The smallest absolute Gasteiger partial charge is 0.131 e. The van der Waals surface area contributed by atoms with Crippen LogP contribution in [0.3, 0.4) is 0 Å². The third-order valence-electron chi connectivity index (χ3n) is 3.34. The van der Waals surface area contributed by atoms with Gasteiger partial charge in [-0.3, -0.25) is 9.58 Å². The molecule has 90 valence electrons. The summed E-state index contributed by atoms with van der Waals surface area (Å²) in [5, 5.41) is 14.3. The molecule has 1 saturated heterocycles. The minimum atomic E-state index is 0.233. The molecule has 1 aromatic heterocycles. The molecule has 1 fully saturated rings. The normalized spacial score (nSPS) is 21.9. The van der Waals surface area contributed by atoms with Crippen LogP contribution in [0.1, 0.15) is 24.1 Å². The fraction of sp³-hybridized carbons (Fsp3) is 0.727. The van der Waals surface area contributed by atoms with Gasteiger partial charge < -0.3 is 5.11 Å². The Morgan fingerprint density at radius 2 is 2.31 bits per heavy atom. The van der Waals surface area contributed by atoms with Crippen LogP contribution in [-0.4, -0.2) is 39.0 Å². The molecule has 0 bridgehead atoms. The number of hydrogen-bond donors (Lipinski definition) is 1. The maximum Gasteiger partial charge on any atom is 0.131 e. The summed E-state index contributed by atoms with van der Waals surface area (Å²) in [6.07, 6.45) is 2.23. The van der Waals surface area contributed by atoms with Crippen LogP contribution in [0.4, 0.5) is 0 Å². The van der Waals surface area contributed by atoms with Crippen molar-refractivity contribution in [3.8, 4) is 0 Å². The van der Waals surface area contributed by atoms with E-state index < -0.39 is 0 Å². The van der Waals surface area contributed by atoms with Crippen LogP contribution in [0.25, 0.3) is 0 Å². The molecule has 2 rings (SSSR count). The van der Waals surface area contributed by atoms with Gasteiger partial charge in [0.05, 0.1) is 12.3 Å². The van der Waals surface area contributed by atoms with Gasteiger partial charge in [0.1, 0.15) is 5.15 Å². The third kappa shape index (κ3) is 2.10. The van der Waals surface area contributed by atoms with Gasteiger partial charge in [0.2, 0.25) is 0 Å². The maximum absolute atomic E-state index is 9.26. The van der Waals surface area contributed by atoms with Gasteiger partial charge in [0, 0.05) is 25.2 Å². The van der Waals surface area contributed by atoms with Crippen molar-refractivity contribution in [3.05, 3.63) is 16.4 Å². The second kappa shape index (κ2) is 4.73. The van der Waals surface area contributed by atoms with Gasteiger partial charge in [-0.05, 0) is 26.3 Å². The van der Waals surface area contributed by atoms with Crippen LogP contribution in [0, 0.1) is 6.92 Å². The number of halogens is 1. The zero-order chi connectivity index (χ0) is 11.7. The Morgan fingerprint density at radius 1 is 1.56 bits per heavy atom. The molecule has 0 saturated carbocycles. The Hall–Kier alpha value is -0.580. The molecule has 4 nitrogen and oxygen atoms in total. The predicted molar refractivity (Wildman–Crippen MR) is 63.5 cm³/mol. The fourth-order valence-electron chi connectivity index (χ4n) is 2.37. The summed E-state index contributed by atoms with van der Waals surface area (Å²) < 4.78 is 1.70. The van der Waals surface area contributed by atoms with Crippen LogP contribution in [0.2, 0.25) is 5.15 Å². The van der Waals surface area contributed by atoms with Gasteiger partial charge in [-0.15, -0.1) is 0 Å². The van der Waals surface area contributed by atoms with Crippen LogP contribution in [-0.2, 0) is 13.6 Å². The van der Waals surface area contributed by atoms with E-state index in [1.807, 2.05) is 14.0 Å². The zero-order valence-corrected chi connectivity index (χ0v) is 10.5. The van der Waals surface area contributed by atoms with Crippen LogP contribution < -0.4 is 0 Å². The number of rotatable bonds is 3. The van der Waals surface area contributed by atoms with Crippen molar-refractivity contribution in [2.45, 2.75) is 32.4 Å². The molecule has 5 heteroatoms. The molecule has 1 aromatic rings. The largest absolute Gasteiger partial charge is 0.395 e. The van der Waals surface area contributed by atoms with Gasteiger partial charge in [0.25, 0.3) is 0 Å². The summed E-state index contributed by atoms with van der Waals surface area (Å²) in [5.41, 5.74) is 2.07. The van der Waals surface area contributed by atoms with Crippen molar-refractivity contribution < 1.29 is 5.11 Å². The molecule has 1 aliphatic heterocycles. The molecule has 1 unspecified atom stereocenters. The van der Waals surface area contributed by atoms with E-state index in [1.165, 1.54) is 0 Å². The molecular formula is C11H18ClN3O. The summed E-state index contributed by atoms with van der Waals surface area (Å²) in [4.78, 5) is 2.29. The number of nitrogens with zero attached hydrogens (tertiary/aromatic N) is 3. The number of aliphatic hydroxyl groups is 1. The van der Waals surface area contributed by atoms with Gasteiger partial charge >= 0.3 is 0 Å². The Labute approximate surface area is 101 Å². The molecule has 0 spiro atoms. The number of aliphatic hydroxyl groups excluding tert-OH is 1. The van der Waals surface area contributed by atoms with E-state index in [2.05, 4.69) is 10.00 Å². The van der Waals surface area contributed by atoms with E-state index in [0.717, 1.165) is 37.2 Å².